The van der Waals surface area contributed by atoms with Gasteiger partial charge in [-0.1, -0.05) is 12.1 Å². The zero-order valence-corrected chi connectivity index (χ0v) is 11.9. The van der Waals surface area contributed by atoms with Gasteiger partial charge in [0.25, 0.3) is 5.89 Å². The third-order valence-electron chi connectivity index (χ3n) is 3.45. The van der Waals surface area contributed by atoms with Gasteiger partial charge in [0, 0.05) is 19.0 Å². The Balaban J connectivity index is 1.76. The average molecular weight is 283 g/mol. The molecule has 1 fully saturated rings. The van der Waals surface area contributed by atoms with Gasteiger partial charge in [0.1, 0.15) is 13.2 Å². The number of carbonyl (C=O) groups excluding carboxylic acids is 1. The Hall–Kier alpha value is -1.47. The summed E-state index contributed by atoms with van der Waals surface area (Å²) in [7, 11) is 0. The molecule has 0 spiro atoms. The lowest BCUT2D eigenvalue weighted by atomic mass is 10.0. The Morgan fingerprint density at radius 2 is 2.35 bits per heavy atom. The van der Waals surface area contributed by atoms with Gasteiger partial charge in [-0.05, 0) is 19.8 Å². The number of aromatic nitrogens is 2. The molecule has 0 unspecified atom stereocenters. The van der Waals surface area contributed by atoms with Crippen LogP contribution in [0, 0.1) is 0 Å². The van der Waals surface area contributed by atoms with E-state index in [-0.39, 0.29) is 25.2 Å². The van der Waals surface area contributed by atoms with Gasteiger partial charge in [-0.15, -0.1) is 0 Å². The van der Waals surface area contributed by atoms with E-state index in [9.17, 15) is 9.90 Å². The topological polar surface area (TPSA) is 88.7 Å². The fraction of sp³-hybridized carbons (Fsp3) is 0.769. The molecule has 2 atom stereocenters. The van der Waals surface area contributed by atoms with Gasteiger partial charge >= 0.3 is 0 Å². The van der Waals surface area contributed by atoms with Gasteiger partial charge in [-0.25, -0.2) is 0 Å². The first kappa shape index (κ1) is 14.9. The highest BCUT2D eigenvalue weighted by Gasteiger charge is 2.27. The van der Waals surface area contributed by atoms with E-state index in [1.54, 1.807) is 4.90 Å². The third-order valence-corrected chi connectivity index (χ3v) is 3.45. The smallest absolute Gasteiger partial charge is 0.252 e. The molecule has 0 bridgehead atoms. The number of aliphatic hydroxyl groups excluding tert-OH is 1. The largest absolute Gasteiger partial charge is 0.391 e. The first-order valence-corrected chi connectivity index (χ1v) is 6.97. The first-order valence-electron chi connectivity index (χ1n) is 6.97. The Labute approximate surface area is 117 Å². The summed E-state index contributed by atoms with van der Waals surface area (Å²) in [5.41, 5.74) is 0. The van der Waals surface area contributed by atoms with Crippen molar-refractivity contribution in [3.63, 3.8) is 0 Å². The molecule has 1 aromatic heterocycles. The number of nitrogens with zero attached hydrogens (tertiary/aromatic N) is 3. The fourth-order valence-corrected chi connectivity index (χ4v) is 2.24. The van der Waals surface area contributed by atoms with Crippen molar-refractivity contribution >= 4 is 5.91 Å². The summed E-state index contributed by atoms with van der Waals surface area (Å²) >= 11 is 0. The molecule has 7 nitrogen and oxygen atoms in total. The van der Waals surface area contributed by atoms with Gasteiger partial charge in [0.15, 0.2) is 5.82 Å². The van der Waals surface area contributed by atoms with Crippen molar-refractivity contribution in [2.75, 3.05) is 13.2 Å². The number of β-amino-alcohol motifs (C(OH)–C–C–N with tert-alkyl or cyclic N) is 1. The highest BCUT2D eigenvalue weighted by atomic mass is 16.5. The minimum atomic E-state index is -0.432. The minimum Gasteiger partial charge on any atom is -0.391 e. The van der Waals surface area contributed by atoms with Gasteiger partial charge in [-0.3, -0.25) is 4.79 Å². The maximum Gasteiger partial charge on any atom is 0.252 e. The lowest BCUT2D eigenvalue weighted by Crippen LogP contribution is -2.48. The molecule has 2 heterocycles. The molecule has 0 aliphatic carbocycles. The molecule has 1 saturated heterocycles. The second kappa shape index (κ2) is 6.81. The maximum atomic E-state index is 12.0. The van der Waals surface area contributed by atoms with Crippen LogP contribution < -0.4 is 0 Å². The van der Waals surface area contributed by atoms with Crippen LogP contribution in [0.3, 0.4) is 0 Å². The number of carbonyl (C=O) groups is 1. The van der Waals surface area contributed by atoms with Crippen molar-refractivity contribution in [2.45, 2.75) is 51.9 Å². The second-order valence-corrected chi connectivity index (χ2v) is 5.08. The molecule has 112 valence electrons. The van der Waals surface area contributed by atoms with E-state index < -0.39 is 6.10 Å². The predicted molar refractivity (Wildman–Crippen MR) is 69.7 cm³/mol. The number of aryl methyl sites for hydroxylation is 1. The van der Waals surface area contributed by atoms with E-state index in [1.165, 1.54) is 0 Å². The maximum absolute atomic E-state index is 12.0. The Bertz CT molecular complexity index is 449. The van der Waals surface area contributed by atoms with Crippen molar-refractivity contribution in [3.05, 3.63) is 11.7 Å². The monoisotopic (exact) mass is 283 g/mol. The summed E-state index contributed by atoms with van der Waals surface area (Å²) in [6, 6.07) is 0.143. The molecule has 7 heteroatoms. The van der Waals surface area contributed by atoms with Crippen LogP contribution in [0.5, 0.6) is 0 Å². The average Bonchev–Trinajstić information content (AvgIpc) is 2.89. The number of amides is 1. The molecule has 2 rings (SSSR count). The number of aliphatic hydroxyl groups is 1. The summed E-state index contributed by atoms with van der Waals surface area (Å²) in [4.78, 5) is 17.8. The molecule has 1 aliphatic rings. The number of hydrogen-bond acceptors (Lipinski definition) is 6. The standard InChI is InChI=1S/C13H21N3O4/c1-3-11-14-12(20-15-11)7-19-8-13(18)16-6-10(17)5-4-9(16)2/h9-10,17H,3-8H2,1-2H3/t9-,10-/m0/s1. The Kier molecular flexibility index (Phi) is 5.08. The number of ether oxygens (including phenoxy) is 1. The minimum absolute atomic E-state index is 0.0408. The van der Waals surface area contributed by atoms with Crippen LogP contribution in [0.4, 0.5) is 0 Å². The van der Waals surface area contributed by atoms with E-state index in [2.05, 4.69) is 10.1 Å². The lowest BCUT2D eigenvalue weighted by molar-refractivity contribution is -0.142. The second-order valence-electron chi connectivity index (χ2n) is 5.08. The molecule has 1 aliphatic heterocycles. The molecule has 1 amide bonds. The SMILES string of the molecule is CCc1noc(COCC(=O)N2C[C@@H](O)CC[C@@H]2C)n1. The highest BCUT2D eigenvalue weighted by Crippen LogP contribution is 2.17. The Morgan fingerprint density at radius 3 is 3.05 bits per heavy atom. The molecule has 1 aromatic rings. The van der Waals surface area contributed by atoms with Crippen LogP contribution in [0.25, 0.3) is 0 Å². The van der Waals surface area contributed by atoms with Crippen LogP contribution >= 0.6 is 0 Å². The normalized spacial score (nSPS) is 23.1. The van der Waals surface area contributed by atoms with E-state index >= 15 is 0 Å². The van der Waals surface area contributed by atoms with Crippen molar-refractivity contribution < 1.29 is 19.2 Å². The summed E-state index contributed by atoms with van der Waals surface area (Å²) in [6.07, 6.45) is 1.83. The van der Waals surface area contributed by atoms with E-state index in [4.69, 9.17) is 9.26 Å². The molecule has 0 radical (unpaired) electrons. The number of hydrogen-bond donors (Lipinski definition) is 1. The molecular formula is C13H21N3O4. The highest BCUT2D eigenvalue weighted by molar-refractivity contribution is 5.77. The zero-order valence-electron chi connectivity index (χ0n) is 11.9. The van der Waals surface area contributed by atoms with Crippen LogP contribution in [-0.2, 0) is 22.6 Å². The number of rotatable bonds is 5. The van der Waals surface area contributed by atoms with Crippen molar-refractivity contribution in [1.29, 1.82) is 0 Å². The molecule has 0 saturated carbocycles. The fourth-order valence-electron chi connectivity index (χ4n) is 2.24. The van der Waals surface area contributed by atoms with E-state index in [0.29, 0.717) is 24.7 Å². The van der Waals surface area contributed by atoms with Crippen molar-refractivity contribution in [3.8, 4) is 0 Å². The van der Waals surface area contributed by atoms with E-state index in [1.807, 2.05) is 13.8 Å². The third kappa shape index (κ3) is 3.77. The molecular weight excluding hydrogens is 262 g/mol. The van der Waals surface area contributed by atoms with Crippen molar-refractivity contribution in [1.82, 2.24) is 15.0 Å². The lowest BCUT2D eigenvalue weighted by Gasteiger charge is -2.35. The van der Waals surface area contributed by atoms with Crippen LogP contribution in [-0.4, -0.2) is 51.4 Å². The summed E-state index contributed by atoms with van der Waals surface area (Å²) in [6.45, 7) is 4.38. The Morgan fingerprint density at radius 1 is 1.55 bits per heavy atom. The molecule has 20 heavy (non-hydrogen) atoms. The quantitative estimate of drug-likeness (QED) is 0.847. The first-order chi connectivity index (χ1) is 9.60. The summed E-state index contributed by atoms with van der Waals surface area (Å²) < 4.78 is 10.3. The number of likely N-dealkylation sites (tertiary alicyclic amines) is 1. The van der Waals surface area contributed by atoms with Crippen LogP contribution in [0.2, 0.25) is 0 Å². The van der Waals surface area contributed by atoms with Crippen molar-refractivity contribution in [2.24, 2.45) is 0 Å². The molecule has 0 aromatic carbocycles. The predicted octanol–water partition coefficient (Wildman–Crippen LogP) is 0.520. The van der Waals surface area contributed by atoms with Gasteiger partial charge in [0.05, 0.1) is 6.10 Å². The van der Waals surface area contributed by atoms with Gasteiger partial charge < -0.3 is 19.3 Å². The zero-order chi connectivity index (χ0) is 14.5. The number of piperidine rings is 1. The van der Waals surface area contributed by atoms with E-state index in [0.717, 1.165) is 12.8 Å². The summed E-state index contributed by atoms with van der Waals surface area (Å²) in [5.74, 6) is 0.885. The van der Waals surface area contributed by atoms with Crippen LogP contribution in [0.15, 0.2) is 4.52 Å². The van der Waals surface area contributed by atoms with Crippen LogP contribution in [0.1, 0.15) is 38.4 Å². The van der Waals surface area contributed by atoms with Gasteiger partial charge in [0.2, 0.25) is 5.91 Å². The van der Waals surface area contributed by atoms with Gasteiger partial charge in [-0.2, -0.15) is 4.98 Å². The summed E-state index contributed by atoms with van der Waals surface area (Å²) in [5, 5.41) is 13.4. The molecule has 1 N–H and O–H groups in total.